The average molecular weight is 347 g/mol. The van der Waals surface area contributed by atoms with Crippen LogP contribution in [-0.2, 0) is 6.54 Å². The lowest BCUT2D eigenvalue weighted by Gasteiger charge is -2.31. The maximum absolute atomic E-state index is 12.2. The lowest BCUT2D eigenvalue weighted by molar-refractivity contribution is 0.0937. The molecule has 0 aliphatic carbocycles. The fourth-order valence-electron chi connectivity index (χ4n) is 3.07. The van der Waals surface area contributed by atoms with Gasteiger partial charge in [0, 0.05) is 6.54 Å². The second kappa shape index (κ2) is 7.49. The third kappa shape index (κ3) is 4.05. The number of likely N-dealkylation sites (tertiary alicyclic amines) is 1. The van der Waals surface area contributed by atoms with Crippen LogP contribution >= 0.6 is 11.3 Å². The van der Waals surface area contributed by atoms with Crippen molar-refractivity contribution in [1.82, 2.24) is 15.2 Å². The summed E-state index contributed by atoms with van der Waals surface area (Å²) in [6.45, 7) is 9.51. The van der Waals surface area contributed by atoms with Crippen LogP contribution in [-0.4, -0.2) is 35.4 Å². The molecule has 1 saturated heterocycles. The predicted octanol–water partition coefficient (Wildman–Crippen LogP) is 3.30. The van der Waals surface area contributed by atoms with Crippen molar-refractivity contribution in [2.45, 2.75) is 40.2 Å². The van der Waals surface area contributed by atoms with Crippen LogP contribution in [0.25, 0.3) is 0 Å². The zero-order valence-corrected chi connectivity index (χ0v) is 15.4. The Morgan fingerprint density at radius 3 is 2.71 bits per heavy atom. The van der Waals surface area contributed by atoms with Gasteiger partial charge in [-0.15, -0.1) is 11.3 Å². The molecule has 2 aromatic heterocycles. The lowest BCUT2D eigenvalue weighted by atomic mass is 9.97. The van der Waals surface area contributed by atoms with Crippen molar-refractivity contribution in [1.29, 1.82) is 0 Å². The van der Waals surface area contributed by atoms with Crippen molar-refractivity contribution in [2.24, 2.45) is 5.92 Å². The molecule has 0 unspecified atom stereocenters. The first-order valence-electron chi connectivity index (χ1n) is 8.50. The maximum Gasteiger partial charge on any atom is 0.261 e. The number of aryl methyl sites for hydroxylation is 3. The number of oxazole rings is 1. The summed E-state index contributed by atoms with van der Waals surface area (Å²) in [6, 6.07) is 1.99. The molecule has 0 saturated carbocycles. The summed E-state index contributed by atoms with van der Waals surface area (Å²) in [5.41, 5.74) is 2.04. The summed E-state index contributed by atoms with van der Waals surface area (Å²) in [6.07, 6.45) is 2.20. The second-order valence-corrected chi connectivity index (χ2v) is 7.53. The average Bonchev–Trinajstić information content (AvgIpc) is 3.12. The monoisotopic (exact) mass is 347 g/mol. The topological polar surface area (TPSA) is 58.4 Å². The van der Waals surface area contributed by atoms with E-state index in [1.165, 1.54) is 11.3 Å². The molecule has 3 rings (SSSR count). The molecule has 130 valence electrons. The van der Waals surface area contributed by atoms with Crippen molar-refractivity contribution in [3.8, 4) is 0 Å². The molecule has 1 aliphatic heterocycles. The van der Waals surface area contributed by atoms with Gasteiger partial charge in [0.25, 0.3) is 5.91 Å². The Morgan fingerprint density at radius 2 is 2.12 bits per heavy atom. The Balaban J connectivity index is 1.42. The molecule has 0 radical (unpaired) electrons. The normalized spacial score (nSPS) is 16.5. The van der Waals surface area contributed by atoms with Gasteiger partial charge in [-0.3, -0.25) is 9.69 Å². The fourth-order valence-corrected chi connectivity index (χ4v) is 3.91. The summed E-state index contributed by atoms with van der Waals surface area (Å²) in [5.74, 6) is 2.34. The number of hydrogen-bond acceptors (Lipinski definition) is 5. The molecule has 0 atom stereocenters. The second-order valence-electron chi connectivity index (χ2n) is 6.61. The van der Waals surface area contributed by atoms with Crippen LogP contribution in [0.4, 0.5) is 0 Å². The summed E-state index contributed by atoms with van der Waals surface area (Å²) in [7, 11) is 0. The van der Waals surface area contributed by atoms with E-state index in [-0.39, 0.29) is 5.91 Å². The quantitative estimate of drug-likeness (QED) is 0.901. The number of nitrogens with zero attached hydrogens (tertiary/aromatic N) is 2. The van der Waals surface area contributed by atoms with Gasteiger partial charge in [-0.25, -0.2) is 4.98 Å². The van der Waals surface area contributed by atoms with Crippen LogP contribution < -0.4 is 5.32 Å². The molecule has 0 aromatic carbocycles. The van der Waals surface area contributed by atoms with Gasteiger partial charge in [0.15, 0.2) is 0 Å². The number of amides is 1. The van der Waals surface area contributed by atoms with Crippen molar-refractivity contribution < 1.29 is 9.21 Å². The summed E-state index contributed by atoms with van der Waals surface area (Å²) < 4.78 is 5.67. The minimum Gasteiger partial charge on any atom is -0.444 e. The third-order valence-corrected chi connectivity index (χ3v) is 5.77. The van der Waals surface area contributed by atoms with Crippen LogP contribution in [0.3, 0.4) is 0 Å². The Hall–Kier alpha value is -1.66. The molecule has 1 amide bonds. The third-order valence-electron chi connectivity index (χ3n) is 4.76. The molecule has 3 heterocycles. The Labute approximate surface area is 147 Å². The van der Waals surface area contributed by atoms with Crippen molar-refractivity contribution >= 4 is 17.2 Å². The van der Waals surface area contributed by atoms with Gasteiger partial charge < -0.3 is 9.73 Å². The SMILES string of the molecule is Cc1ccsc1C(=O)NCC1CCN(Cc2nc(C)c(C)o2)CC1. The maximum atomic E-state index is 12.2. The van der Waals surface area contributed by atoms with Gasteiger partial charge in [0.05, 0.1) is 17.1 Å². The van der Waals surface area contributed by atoms with Crippen LogP contribution in [0.15, 0.2) is 15.9 Å². The predicted molar refractivity (Wildman–Crippen MR) is 95.4 cm³/mol. The number of nitrogens with one attached hydrogen (secondary N) is 1. The zero-order chi connectivity index (χ0) is 17.1. The van der Waals surface area contributed by atoms with Crippen LogP contribution in [0.1, 0.15) is 45.4 Å². The Morgan fingerprint density at radius 1 is 1.38 bits per heavy atom. The number of carbonyl (C=O) groups is 1. The first-order chi connectivity index (χ1) is 11.5. The van der Waals surface area contributed by atoms with Gasteiger partial charge in [-0.05, 0) is 69.6 Å². The smallest absolute Gasteiger partial charge is 0.261 e. The van der Waals surface area contributed by atoms with Crippen LogP contribution in [0.2, 0.25) is 0 Å². The largest absolute Gasteiger partial charge is 0.444 e. The van der Waals surface area contributed by atoms with E-state index in [2.05, 4.69) is 15.2 Å². The van der Waals surface area contributed by atoms with Gasteiger partial charge in [-0.2, -0.15) is 0 Å². The van der Waals surface area contributed by atoms with Gasteiger partial charge in [-0.1, -0.05) is 0 Å². The van der Waals surface area contributed by atoms with E-state index in [0.717, 1.165) is 66.8 Å². The van der Waals surface area contributed by atoms with E-state index in [1.807, 2.05) is 32.2 Å². The number of thiophene rings is 1. The minimum absolute atomic E-state index is 0.0654. The standard InChI is InChI=1S/C18H25N3O2S/c1-12-6-9-24-17(12)18(22)19-10-15-4-7-21(8-5-15)11-16-20-13(2)14(3)23-16/h6,9,15H,4-5,7-8,10-11H2,1-3H3,(H,19,22). The van der Waals surface area contributed by atoms with Crippen LogP contribution in [0, 0.1) is 26.7 Å². The summed E-state index contributed by atoms with van der Waals surface area (Å²) >= 11 is 1.51. The van der Waals surface area contributed by atoms with E-state index in [0.29, 0.717) is 5.92 Å². The molecular weight excluding hydrogens is 322 g/mol. The highest BCUT2D eigenvalue weighted by atomic mass is 32.1. The van der Waals surface area contributed by atoms with Crippen molar-refractivity contribution in [2.75, 3.05) is 19.6 Å². The van der Waals surface area contributed by atoms with Crippen molar-refractivity contribution in [3.05, 3.63) is 39.2 Å². The molecule has 2 aromatic rings. The molecule has 1 N–H and O–H groups in total. The van der Waals surface area contributed by atoms with Gasteiger partial charge in [0.1, 0.15) is 5.76 Å². The number of rotatable bonds is 5. The van der Waals surface area contributed by atoms with E-state index >= 15 is 0 Å². The highest BCUT2D eigenvalue weighted by Gasteiger charge is 2.22. The van der Waals surface area contributed by atoms with Crippen LogP contribution in [0.5, 0.6) is 0 Å². The molecule has 1 fully saturated rings. The van der Waals surface area contributed by atoms with E-state index in [1.54, 1.807) is 0 Å². The molecule has 0 bridgehead atoms. The van der Waals surface area contributed by atoms with Crippen molar-refractivity contribution in [3.63, 3.8) is 0 Å². The Bertz CT molecular complexity index is 679. The van der Waals surface area contributed by atoms with E-state index in [9.17, 15) is 4.79 Å². The Kier molecular flexibility index (Phi) is 5.36. The highest BCUT2D eigenvalue weighted by Crippen LogP contribution is 2.20. The van der Waals surface area contributed by atoms with E-state index < -0.39 is 0 Å². The molecule has 5 nitrogen and oxygen atoms in total. The van der Waals surface area contributed by atoms with Gasteiger partial charge >= 0.3 is 0 Å². The molecule has 0 spiro atoms. The first-order valence-corrected chi connectivity index (χ1v) is 9.38. The molecule has 6 heteroatoms. The highest BCUT2D eigenvalue weighted by molar-refractivity contribution is 7.12. The number of piperidine rings is 1. The van der Waals surface area contributed by atoms with E-state index in [4.69, 9.17) is 4.42 Å². The number of hydrogen-bond donors (Lipinski definition) is 1. The number of carbonyl (C=O) groups excluding carboxylic acids is 1. The zero-order valence-electron chi connectivity index (χ0n) is 14.6. The molecule has 1 aliphatic rings. The minimum atomic E-state index is 0.0654. The molecule has 24 heavy (non-hydrogen) atoms. The first kappa shape index (κ1) is 17.2. The van der Waals surface area contributed by atoms with Gasteiger partial charge in [0.2, 0.25) is 5.89 Å². The molecular formula is C18H25N3O2S. The summed E-state index contributed by atoms with van der Waals surface area (Å²) in [4.78, 5) is 19.8. The number of aromatic nitrogens is 1. The lowest BCUT2D eigenvalue weighted by Crippen LogP contribution is -2.38. The fraction of sp³-hybridized carbons (Fsp3) is 0.556. The summed E-state index contributed by atoms with van der Waals surface area (Å²) in [5, 5.41) is 5.06.